The standard InChI is InChI=1S/C24H22BF3O5/c1-5-21(29)32-23(2,3)14-25(4)33-16-11-10-15-12-18(22(30)31-20(15)13-16)17-8-6-7-9-19(17)24(26,27)28/h5-13H,1,14H2,2-4H3. The molecule has 0 unspecified atom stereocenters. The first kappa shape index (κ1) is 24.2. The number of alkyl halides is 3. The van der Waals surface area contributed by atoms with Gasteiger partial charge in [-0.1, -0.05) is 24.8 Å². The highest BCUT2D eigenvalue weighted by Gasteiger charge is 2.34. The number of carbonyl (C=O) groups excluding carboxylic acids is 1. The fourth-order valence-corrected chi connectivity index (χ4v) is 3.64. The van der Waals surface area contributed by atoms with E-state index in [9.17, 15) is 22.8 Å². The molecule has 0 spiro atoms. The fraction of sp³-hybridized carbons (Fsp3) is 0.250. The van der Waals surface area contributed by atoms with Gasteiger partial charge in [0.2, 0.25) is 0 Å². The Balaban J connectivity index is 1.87. The van der Waals surface area contributed by atoms with Gasteiger partial charge >= 0.3 is 24.7 Å². The summed E-state index contributed by atoms with van der Waals surface area (Å²) in [5.41, 5.74) is -2.84. The van der Waals surface area contributed by atoms with Crippen LogP contribution in [0.4, 0.5) is 13.2 Å². The lowest BCUT2D eigenvalue weighted by Gasteiger charge is -2.26. The Hall–Kier alpha value is -3.49. The van der Waals surface area contributed by atoms with Crippen molar-refractivity contribution in [2.24, 2.45) is 0 Å². The van der Waals surface area contributed by atoms with Crippen molar-refractivity contribution in [3.05, 3.63) is 77.2 Å². The second kappa shape index (κ2) is 9.17. The van der Waals surface area contributed by atoms with Crippen molar-refractivity contribution in [1.29, 1.82) is 0 Å². The average molecular weight is 458 g/mol. The molecule has 2 aromatic carbocycles. The summed E-state index contributed by atoms with van der Waals surface area (Å²) in [5, 5.41) is 0.446. The molecular formula is C24H22BF3O5. The second-order valence-electron chi connectivity index (χ2n) is 8.21. The van der Waals surface area contributed by atoms with Crippen LogP contribution in [0.5, 0.6) is 5.75 Å². The highest BCUT2D eigenvalue weighted by atomic mass is 19.4. The minimum Gasteiger partial charge on any atom is -0.561 e. The van der Waals surface area contributed by atoms with Crippen LogP contribution in [0.3, 0.4) is 0 Å². The van der Waals surface area contributed by atoms with Crippen LogP contribution < -0.4 is 10.3 Å². The zero-order valence-corrected chi connectivity index (χ0v) is 18.4. The van der Waals surface area contributed by atoms with E-state index < -0.39 is 28.9 Å². The molecular weight excluding hydrogens is 436 g/mol. The molecule has 3 rings (SSSR count). The monoisotopic (exact) mass is 458 g/mol. The van der Waals surface area contributed by atoms with Crippen LogP contribution in [0.2, 0.25) is 13.1 Å². The number of fused-ring (bicyclic) bond motifs is 1. The van der Waals surface area contributed by atoms with Crippen LogP contribution in [0.1, 0.15) is 19.4 Å². The van der Waals surface area contributed by atoms with Gasteiger partial charge in [0.1, 0.15) is 16.9 Å². The summed E-state index contributed by atoms with van der Waals surface area (Å²) in [6.45, 7) is 8.29. The summed E-state index contributed by atoms with van der Waals surface area (Å²) in [4.78, 5) is 24.0. The zero-order chi connectivity index (χ0) is 24.4. The maximum Gasteiger partial charge on any atom is 0.417 e. The molecule has 5 nitrogen and oxygen atoms in total. The largest absolute Gasteiger partial charge is 0.561 e. The van der Waals surface area contributed by atoms with E-state index in [1.807, 2.05) is 0 Å². The minimum absolute atomic E-state index is 0.176. The molecule has 1 heterocycles. The van der Waals surface area contributed by atoms with Crippen molar-refractivity contribution >= 4 is 23.9 Å². The Kier molecular flexibility index (Phi) is 6.72. The summed E-state index contributed by atoms with van der Waals surface area (Å²) in [6.07, 6.45) is -3.15. The number of halogens is 3. The summed E-state index contributed by atoms with van der Waals surface area (Å²) in [6, 6.07) is 10.9. The van der Waals surface area contributed by atoms with E-state index in [4.69, 9.17) is 13.8 Å². The molecule has 0 radical (unpaired) electrons. The molecule has 33 heavy (non-hydrogen) atoms. The molecule has 0 aliphatic carbocycles. The van der Waals surface area contributed by atoms with Crippen molar-refractivity contribution < 1.29 is 31.8 Å². The molecule has 0 aliphatic heterocycles. The van der Waals surface area contributed by atoms with Crippen LogP contribution in [-0.4, -0.2) is 18.5 Å². The van der Waals surface area contributed by atoms with Gasteiger partial charge in [0.25, 0.3) is 0 Å². The number of benzene rings is 2. The number of rotatable bonds is 7. The molecule has 0 amide bonds. The molecule has 172 valence electrons. The van der Waals surface area contributed by atoms with Crippen molar-refractivity contribution in [3.8, 4) is 16.9 Å². The van der Waals surface area contributed by atoms with Gasteiger partial charge in [-0.15, -0.1) is 0 Å². The van der Waals surface area contributed by atoms with Gasteiger partial charge in [-0.05, 0) is 44.9 Å². The van der Waals surface area contributed by atoms with Crippen molar-refractivity contribution in [2.75, 3.05) is 0 Å². The fourth-order valence-electron chi connectivity index (χ4n) is 3.64. The first-order chi connectivity index (χ1) is 15.4. The number of ether oxygens (including phenoxy) is 1. The summed E-state index contributed by atoms with van der Waals surface area (Å²) < 4.78 is 56.6. The van der Waals surface area contributed by atoms with Gasteiger partial charge in [0, 0.05) is 29.4 Å². The normalized spacial score (nSPS) is 11.8. The lowest BCUT2D eigenvalue weighted by molar-refractivity contribution is -0.148. The lowest BCUT2D eigenvalue weighted by atomic mass is 9.62. The number of esters is 1. The molecule has 0 atom stereocenters. The Morgan fingerprint density at radius 1 is 1.12 bits per heavy atom. The molecule has 0 fully saturated rings. The molecule has 0 saturated carbocycles. The maximum absolute atomic E-state index is 13.4. The van der Waals surface area contributed by atoms with Gasteiger partial charge in [-0.25, -0.2) is 9.59 Å². The van der Waals surface area contributed by atoms with E-state index in [-0.39, 0.29) is 23.6 Å². The minimum atomic E-state index is -4.61. The number of carbonyl (C=O) groups is 1. The SMILES string of the molecule is C=CC(=O)OC(C)(C)CB(C)Oc1ccc2cc(-c3ccccc3C(F)(F)F)c(=O)oc2c1. The Bertz CT molecular complexity index is 1250. The number of hydrogen-bond acceptors (Lipinski definition) is 5. The molecule has 9 heteroatoms. The molecule has 0 bridgehead atoms. The first-order valence-electron chi connectivity index (χ1n) is 10.2. The Morgan fingerprint density at radius 2 is 1.82 bits per heavy atom. The molecule has 0 N–H and O–H groups in total. The maximum atomic E-state index is 13.4. The van der Waals surface area contributed by atoms with Crippen molar-refractivity contribution in [2.45, 2.75) is 38.8 Å². The topological polar surface area (TPSA) is 65.7 Å². The molecule has 1 aromatic heterocycles. The van der Waals surface area contributed by atoms with Crippen LogP contribution >= 0.6 is 0 Å². The van der Waals surface area contributed by atoms with Crippen molar-refractivity contribution in [3.63, 3.8) is 0 Å². The van der Waals surface area contributed by atoms with Crippen LogP contribution in [0.25, 0.3) is 22.1 Å². The van der Waals surface area contributed by atoms with Crippen LogP contribution in [0, 0.1) is 0 Å². The summed E-state index contributed by atoms with van der Waals surface area (Å²) in [7, 11) is 0. The van der Waals surface area contributed by atoms with E-state index >= 15 is 0 Å². The Labute approximate surface area is 188 Å². The van der Waals surface area contributed by atoms with E-state index in [0.717, 1.165) is 12.1 Å². The van der Waals surface area contributed by atoms with Gasteiger partial charge in [-0.2, -0.15) is 13.2 Å². The third kappa shape index (κ3) is 5.85. The zero-order valence-electron chi connectivity index (χ0n) is 18.4. The smallest absolute Gasteiger partial charge is 0.417 e. The van der Waals surface area contributed by atoms with Crippen LogP contribution in [0.15, 0.2) is 70.4 Å². The summed E-state index contributed by atoms with van der Waals surface area (Å²) >= 11 is 0. The summed E-state index contributed by atoms with van der Waals surface area (Å²) in [5.74, 6) is -0.143. The van der Waals surface area contributed by atoms with Gasteiger partial charge in [0.05, 0.1) is 11.1 Å². The van der Waals surface area contributed by atoms with E-state index in [2.05, 4.69) is 6.58 Å². The predicted molar refractivity (Wildman–Crippen MR) is 120 cm³/mol. The Morgan fingerprint density at radius 3 is 2.48 bits per heavy atom. The van der Waals surface area contributed by atoms with Crippen molar-refractivity contribution in [1.82, 2.24) is 0 Å². The average Bonchev–Trinajstić information content (AvgIpc) is 2.71. The van der Waals surface area contributed by atoms with Gasteiger partial charge in [-0.3, -0.25) is 0 Å². The molecule has 3 aromatic rings. The van der Waals surface area contributed by atoms with Gasteiger partial charge in [0.15, 0.2) is 0 Å². The molecule has 0 saturated heterocycles. The quantitative estimate of drug-likeness (QED) is 0.189. The predicted octanol–water partition coefficient (Wildman–Crippen LogP) is 5.99. The highest BCUT2D eigenvalue weighted by molar-refractivity contribution is 6.51. The van der Waals surface area contributed by atoms with Crippen LogP contribution in [-0.2, 0) is 15.7 Å². The lowest BCUT2D eigenvalue weighted by Crippen LogP contribution is -2.34. The van der Waals surface area contributed by atoms with E-state index in [1.165, 1.54) is 30.3 Å². The van der Waals surface area contributed by atoms with Gasteiger partial charge < -0.3 is 13.8 Å². The van der Waals surface area contributed by atoms with E-state index in [0.29, 0.717) is 17.5 Å². The first-order valence-corrected chi connectivity index (χ1v) is 10.2. The molecule has 0 aliphatic rings. The third-order valence-electron chi connectivity index (χ3n) is 4.89. The highest BCUT2D eigenvalue weighted by Crippen LogP contribution is 2.36. The second-order valence-corrected chi connectivity index (χ2v) is 8.21. The third-order valence-corrected chi connectivity index (χ3v) is 4.89. The number of hydrogen-bond donors (Lipinski definition) is 0. The van der Waals surface area contributed by atoms with E-state index in [1.54, 1.807) is 32.8 Å².